The summed E-state index contributed by atoms with van der Waals surface area (Å²) in [6.45, 7) is 1.35. The van der Waals surface area contributed by atoms with E-state index in [0.29, 0.717) is 24.6 Å². The van der Waals surface area contributed by atoms with Crippen molar-refractivity contribution in [3.63, 3.8) is 0 Å². The molecule has 2 nitrogen and oxygen atoms in total. The van der Waals surface area contributed by atoms with Gasteiger partial charge in [-0.15, -0.1) is 0 Å². The van der Waals surface area contributed by atoms with Crippen LogP contribution in [0.4, 0.5) is 13.2 Å². The van der Waals surface area contributed by atoms with Gasteiger partial charge in [-0.05, 0) is 37.0 Å². The van der Waals surface area contributed by atoms with Crippen LogP contribution < -0.4 is 0 Å². The van der Waals surface area contributed by atoms with Crippen LogP contribution in [0.15, 0.2) is 24.3 Å². The van der Waals surface area contributed by atoms with Crippen LogP contribution in [-0.2, 0) is 11.8 Å². The summed E-state index contributed by atoms with van der Waals surface area (Å²) < 4.78 is 37.5. The molecule has 0 spiro atoms. The molecule has 0 amide bonds. The summed E-state index contributed by atoms with van der Waals surface area (Å²) in [5, 5.41) is 10.6. The molecule has 5 heteroatoms. The molecule has 1 aliphatic heterocycles. The van der Waals surface area contributed by atoms with Crippen LogP contribution in [0.2, 0.25) is 0 Å². The number of likely N-dealkylation sites (tertiary alicyclic amines) is 1. The first kappa shape index (κ1) is 12.9. The molecule has 2 fully saturated rings. The SMILES string of the molecule is OC1(c2ccc(C(F)(F)F)cc2)CCN(C2CC2)C1. The molecule has 2 aliphatic rings. The summed E-state index contributed by atoms with van der Waals surface area (Å²) in [4.78, 5) is 2.23. The lowest BCUT2D eigenvalue weighted by atomic mass is 9.92. The zero-order chi connectivity index (χ0) is 13.7. The van der Waals surface area contributed by atoms with E-state index in [2.05, 4.69) is 4.90 Å². The highest BCUT2D eigenvalue weighted by Gasteiger charge is 2.43. The molecule has 1 aliphatic carbocycles. The topological polar surface area (TPSA) is 23.5 Å². The number of hydrogen-bond acceptors (Lipinski definition) is 2. The first-order valence-corrected chi connectivity index (χ1v) is 6.53. The maximum absolute atomic E-state index is 12.5. The Hall–Kier alpha value is -1.07. The number of rotatable bonds is 2. The molecule has 1 atom stereocenters. The van der Waals surface area contributed by atoms with Gasteiger partial charge in [-0.25, -0.2) is 0 Å². The van der Waals surface area contributed by atoms with E-state index < -0.39 is 17.3 Å². The summed E-state index contributed by atoms with van der Waals surface area (Å²) in [5.41, 5.74) is -1.08. The molecule has 1 aromatic carbocycles. The number of aliphatic hydroxyl groups is 1. The van der Waals surface area contributed by atoms with Gasteiger partial charge in [-0.1, -0.05) is 12.1 Å². The van der Waals surface area contributed by atoms with Gasteiger partial charge in [0.05, 0.1) is 5.56 Å². The fourth-order valence-electron chi connectivity index (χ4n) is 2.78. The third-order valence-corrected chi connectivity index (χ3v) is 4.09. The molecule has 0 aromatic heterocycles. The second-order valence-electron chi connectivity index (χ2n) is 5.56. The second kappa shape index (κ2) is 4.21. The number of nitrogens with zero attached hydrogens (tertiary/aromatic N) is 1. The minimum absolute atomic E-state index is 0.531. The molecule has 1 heterocycles. The van der Waals surface area contributed by atoms with Crippen LogP contribution >= 0.6 is 0 Å². The maximum Gasteiger partial charge on any atom is 0.416 e. The van der Waals surface area contributed by atoms with Crippen molar-refractivity contribution in [1.82, 2.24) is 4.90 Å². The average molecular weight is 271 g/mol. The van der Waals surface area contributed by atoms with Crippen LogP contribution in [0.25, 0.3) is 0 Å². The Labute approximate surface area is 109 Å². The Morgan fingerprint density at radius 2 is 1.79 bits per heavy atom. The van der Waals surface area contributed by atoms with Gasteiger partial charge in [-0.3, -0.25) is 4.90 Å². The lowest BCUT2D eigenvalue weighted by Crippen LogP contribution is -2.31. The van der Waals surface area contributed by atoms with E-state index in [9.17, 15) is 18.3 Å². The van der Waals surface area contributed by atoms with E-state index in [-0.39, 0.29) is 0 Å². The Kier molecular flexibility index (Phi) is 2.87. The second-order valence-corrected chi connectivity index (χ2v) is 5.56. The largest absolute Gasteiger partial charge is 0.416 e. The highest BCUT2D eigenvalue weighted by atomic mass is 19.4. The number of β-amino-alcohol motifs (C(OH)–C–C–N with tert-alkyl or cyclic N) is 1. The molecule has 1 saturated heterocycles. The average Bonchev–Trinajstić information content (AvgIpc) is 3.12. The molecule has 0 radical (unpaired) electrons. The van der Waals surface area contributed by atoms with Crippen molar-refractivity contribution >= 4 is 0 Å². The van der Waals surface area contributed by atoms with Gasteiger partial charge in [0.15, 0.2) is 0 Å². The monoisotopic (exact) mass is 271 g/mol. The van der Waals surface area contributed by atoms with Crippen LogP contribution in [0.3, 0.4) is 0 Å². The first-order valence-electron chi connectivity index (χ1n) is 6.53. The predicted molar refractivity (Wildman–Crippen MR) is 64.6 cm³/mol. The van der Waals surface area contributed by atoms with E-state index in [4.69, 9.17) is 0 Å². The smallest absolute Gasteiger partial charge is 0.384 e. The maximum atomic E-state index is 12.5. The molecule has 1 aromatic rings. The Balaban J connectivity index is 1.78. The minimum Gasteiger partial charge on any atom is -0.384 e. The van der Waals surface area contributed by atoms with Gasteiger partial charge in [-0.2, -0.15) is 13.2 Å². The van der Waals surface area contributed by atoms with Crippen molar-refractivity contribution in [2.24, 2.45) is 0 Å². The fraction of sp³-hybridized carbons (Fsp3) is 0.571. The van der Waals surface area contributed by atoms with Crippen molar-refractivity contribution in [2.45, 2.75) is 37.1 Å². The summed E-state index contributed by atoms with van der Waals surface area (Å²) in [5.74, 6) is 0. The first-order chi connectivity index (χ1) is 8.88. The summed E-state index contributed by atoms with van der Waals surface area (Å²) >= 11 is 0. The van der Waals surface area contributed by atoms with Crippen molar-refractivity contribution in [1.29, 1.82) is 0 Å². The third kappa shape index (κ3) is 2.49. The molecule has 0 bridgehead atoms. The zero-order valence-electron chi connectivity index (χ0n) is 10.5. The van der Waals surface area contributed by atoms with Gasteiger partial charge in [0.1, 0.15) is 5.60 Å². The van der Waals surface area contributed by atoms with Crippen molar-refractivity contribution in [3.8, 4) is 0 Å². The standard InChI is InChI=1S/C14H16F3NO/c15-14(16,17)11-3-1-10(2-4-11)13(19)7-8-18(9-13)12-5-6-12/h1-4,12,19H,5-9H2. The van der Waals surface area contributed by atoms with E-state index >= 15 is 0 Å². The molecule has 1 unspecified atom stereocenters. The van der Waals surface area contributed by atoms with E-state index in [1.165, 1.54) is 25.0 Å². The van der Waals surface area contributed by atoms with Gasteiger partial charge < -0.3 is 5.11 Å². The normalized spacial score (nSPS) is 28.8. The quantitative estimate of drug-likeness (QED) is 0.894. The molecule has 3 rings (SSSR count). The van der Waals surface area contributed by atoms with Gasteiger partial charge in [0, 0.05) is 19.1 Å². The Bertz CT molecular complexity index is 467. The van der Waals surface area contributed by atoms with Crippen LogP contribution in [-0.4, -0.2) is 29.1 Å². The highest BCUT2D eigenvalue weighted by molar-refractivity contribution is 5.30. The molecular weight excluding hydrogens is 255 g/mol. The predicted octanol–water partition coefficient (Wildman–Crippen LogP) is 2.76. The van der Waals surface area contributed by atoms with Crippen LogP contribution in [0, 0.1) is 0 Å². The highest BCUT2D eigenvalue weighted by Crippen LogP contribution is 2.39. The number of halogens is 3. The molecule has 1 N–H and O–H groups in total. The van der Waals surface area contributed by atoms with Crippen molar-refractivity contribution in [3.05, 3.63) is 35.4 Å². The summed E-state index contributed by atoms with van der Waals surface area (Å²) in [7, 11) is 0. The number of benzene rings is 1. The van der Waals surface area contributed by atoms with Gasteiger partial charge in [0.2, 0.25) is 0 Å². The zero-order valence-corrected chi connectivity index (χ0v) is 10.5. The van der Waals surface area contributed by atoms with Crippen LogP contribution in [0.1, 0.15) is 30.4 Å². The van der Waals surface area contributed by atoms with Crippen LogP contribution in [0.5, 0.6) is 0 Å². The number of alkyl halides is 3. The van der Waals surface area contributed by atoms with Crippen molar-refractivity contribution < 1.29 is 18.3 Å². The molecule has 104 valence electrons. The van der Waals surface area contributed by atoms with Crippen molar-refractivity contribution in [2.75, 3.05) is 13.1 Å². The fourth-order valence-corrected chi connectivity index (χ4v) is 2.78. The Morgan fingerprint density at radius 1 is 1.16 bits per heavy atom. The lowest BCUT2D eigenvalue weighted by Gasteiger charge is -2.24. The Morgan fingerprint density at radius 3 is 2.32 bits per heavy atom. The minimum atomic E-state index is -4.32. The molecular formula is C14H16F3NO. The van der Waals surface area contributed by atoms with Gasteiger partial charge >= 0.3 is 6.18 Å². The molecule has 1 saturated carbocycles. The number of hydrogen-bond donors (Lipinski definition) is 1. The molecule has 19 heavy (non-hydrogen) atoms. The lowest BCUT2D eigenvalue weighted by molar-refractivity contribution is -0.137. The van der Waals surface area contributed by atoms with Gasteiger partial charge in [0.25, 0.3) is 0 Å². The summed E-state index contributed by atoms with van der Waals surface area (Å²) in [6.07, 6.45) is -1.39. The van der Waals surface area contributed by atoms with E-state index in [1.807, 2.05) is 0 Å². The van der Waals surface area contributed by atoms with E-state index in [1.54, 1.807) is 0 Å². The van der Waals surface area contributed by atoms with E-state index in [0.717, 1.165) is 18.7 Å². The summed E-state index contributed by atoms with van der Waals surface area (Å²) in [6, 6.07) is 5.47. The third-order valence-electron chi connectivity index (χ3n) is 4.09.